The lowest BCUT2D eigenvalue weighted by atomic mass is 9.89. The molecule has 1 heterocycles. The highest BCUT2D eigenvalue weighted by atomic mass is 32.2. The molecular weight excluding hydrogens is 366 g/mol. The summed E-state index contributed by atoms with van der Waals surface area (Å²) in [4.78, 5) is 26.1. The highest BCUT2D eigenvalue weighted by Gasteiger charge is 2.40. The number of carboxylic acid groups (broad SMARTS) is 1. The molecule has 7 heteroatoms. The van der Waals surface area contributed by atoms with Gasteiger partial charge in [-0.2, -0.15) is 0 Å². The summed E-state index contributed by atoms with van der Waals surface area (Å²) in [7, 11) is -3.45. The topological polar surface area (TPSA) is 91.8 Å². The van der Waals surface area contributed by atoms with E-state index in [0.29, 0.717) is 12.1 Å². The smallest absolute Gasteiger partial charge is 0.308 e. The minimum absolute atomic E-state index is 0.0723. The Morgan fingerprint density at radius 1 is 1.04 bits per heavy atom. The number of carboxylic acids is 1. The first-order chi connectivity index (χ1) is 12.8. The Balaban J connectivity index is 1.82. The molecule has 1 N–H and O–H groups in total. The molecule has 142 valence electrons. The molecule has 2 aromatic rings. The summed E-state index contributed by atoms with van der Waals surface area (Å²) in [5, 5.41) is 9.57. The van der Waals surface area contributed by atoms with Crippen LogP contribution in [-0.4, -0.2) is 49.6 Å². The zero-order chi connectivity index (χ0) is 19.6. The lowest BCUT2D eigenvalue weighted by Gasteiger charge is -2.17. The second-order valence-electron chi connectivity index (χ2n) is 6.82. The Morgan fingerprint density at radius 3 is 2.30 bits per heavy atom. The van der Waals surface area contributed by atoms with Crippen LogP contribution in [0, 0.1) is 5.92 Å². The Morgan fingerprint density at radius 2 is 1.67 bits per heavy atom. The van der Waals surface area contributed by atoms with Crippen molar-refractivity contribution in [1.82, 2.24) is 4.90 Å². The van der Waals surface area contributed by atoms with Gasteiger partial charge >= 0.3 is 5.97 Å². The van der Waals surface area contributed by atoms with Crippen LogP contribution in [0.15, 0.2) is 59.5 Å². The van der Waals surface area contributed by atoms with E-state index >= 15 is 0 Å². The van der Waals surface area contributed by atoms with Gasteiger partial charge in [-0.25, -0.2) is 8.42 Å². The molecule has 1 saturated heterocycles. The van der Waals surface area contributed by atoms with Crippen LogP contribution >= 0.6 is 0 Å². The summed E-state index contributed by atoms with van der Waals surface area (Å²) in [6.07, 6.45) is 1.04. The van der Waals surface area contributed by atoms with Crippen molar-refractivity contribution in [2.75, 3.05) is 19.3 Å². The predicted molar refractivity (Wildman–Crippen MR) is 100 cm³/mol. The average Bonchev–Trinajstić information content (AvgIpc) is 3.08. The number of aliphatic carboxylic acids is 1. The molecule has 27 heavy (non-hydrogen) atoms. The lowest BCUT2D eigenvalue weighted by Crippen LogP contribution is -2.31. The maximum atomic E-state index is 12.8. The van der Waals surface area contributed by atoms with Crippen molar-refractivity contribution < 1.29 is 23.1 Å². The standard InChI is InChI=1S/C20H21NO5S/c1-27(25,26)18-10-6-5-9-15(18)11-19(22)21-12-16(17(13-21)20(23)24)14-7-3-2-4-8-14/h2-10,16-17H,11-13H2,1H3,(H,23,24). The van der Waals surface area contributed by atoms with Crippen LogP contribution in [-0.2, 0) is 25.8 Å². The van der Waals surface area contributed by atoms with Crippen LogP contribution in [0.3, 0.4) is 0 Å². The van der Waals surface area contributed by atoms with E-state index in [0.717, 1.165) is 11.8 Å². The van der Waals surface area contributed by atoms with Gasteiger partial charge in [0.1, 0.15) is 0 Å². The van der Waals surface area contributed by atoms with Crippen molar-refractivity contribution in [3.05, 3.63) is 65.7 Å². The van der Waals surface area contributed by atoms with Crippen LogP contribution in [0.2, 0.25) is 0 Å². The first-order valence-corrected chi connectivity index (χ1v) is 10.5. The SMILES string of the molecule is CS(=O)(=O)c1ccccc1CC(=O)N1CC(C(=O)O)C(c2ccccc2)C1. The average molecular weight is 387 g/mol. The van der Waals surface area contributed by atoms with E-state index in [-0.39, 0.29) is 29.7 Å². The minimum atomic E-state index is -3.45. The van der Waals surface area contributed by atoms with E-state index in [2.05, 4.69) is 0 Å². The normalized spacial score (nSPS) is 19.8. The van der Waals surface area contributed by atoms with Crippen molar-refractivity contribution in [1.29, 1.82) is 0 Å². The first kappa shape index (κ1) is 19.1. The van der Waals surface area contributed by atoms with E-state index in [1.807, 2.05) is 30.3 Å². The summed E-state index contributed by atoms with van der Waals surface area (Å²) in [5.41, 5.74) is 1.32. The summed E-state index contributed by atoms with van der Waals surface area (Å²) < 4.78 is 23.9. The van der Waals surface area contributed by atoms with Gasteiger partial charge in [0.25, 0.3) is 0 Å². The molecule has 3 rings (SSSR count). The van der Waals surface area contributed by atoms with Gasteiger partial charge in [-0.3, -0.25) is 9.59 Å². The van der Waals surface area contributed by atoms with Gasteiger partial charge in [0.2, 0.25) is 5.91 Å². The molecule has 0 aliphatic carbocycles. The third-order valence-electron chi connectivity index (χ3n) is 4.93. The monoisotopic (exact) mass is 387 g/mol. The maximum absolute atomic E-state index is 12.8. The third-order valence-corrected chi connectivity index (χ3v) is 6.13. The van der Waals surface area contributed by atoms with Crippen molar-refractivity contribution in [2.24, 2.45) is 5.92 Å². The molecule has 1 aliphatic heterocycles. The number of nitrogens with zero attached hydrogens (tertiary/aromatic N) is 1. The number of carbonyl (C=O) groups is 2. The van der Waals surface area contributed by atoms with Gasteiger partial charge in [0.15, 0.2) is 9.84 Å². The van der Waals surface area contributed by atoms with E-state index < -0.39 is 21.7 Å². The summed E-state index contributed by atoms with van der Waals surface area (Å²) in [6.45, 7) is 0.426. The van der Waals surface area contributed by atoms with Gasteiger partial charge in [-0.1, -0.05) is 48.5 Å². The molecule has 1 amide bonds. The molecular formula is C20H21NO5S. The van der Waals surface area contributed by atoms with Gasteiger partial charge in [-0.05, 0) is 17.2 Å². The van der Waals surface area contributed by atoms with E-state index in [9.17, 15) is 23.1 Å². The number of hydrogen-bond donors (Lipinski definition) is 1. The number of sulfone groups is 1. The molecule has 0 bridgehead atoms. The van der Waals surface area contributed by atoms with Crippen LogP contribution in [0.1, 0.15) is 17.0 Å². The van der Waals surface area contributed by atoms with Crippen molar-refractivity contribution in [2.45, 2.75) is 17.2 Å². The second kappa shape index (κ2) is 7.52. The number of amides is 1. The molecule has 0 spiro atoms. The number of likely N-dealkylation sites (tertiary alicyclic amines) is 1. The van der Waals surface area contributed by atoms with Crippen LogP contribution in [0.5, 0.6) is 0 Å². The predicted octanol–water partition coefficient (Wildman–Crippen LogP) is 1.96. The Hall–Kier alpha value is -2.67. The molecule has 0 saturated carbocycles. The Labute approximate surface area is 158 Å². The fourth-order valence-corrected chi connectivity index (χ4v) is 4.52. The summed E-state index contributed by atoms with van der Waals surface area (Å²) in [6, 6.07) is 15.7. The highest BCUT2D eigenvalue weighted by molar-refractivity contribution is 7.90. The molecule has 1 fully saturated rings. The fraction of sp³-hybridized carbons (Fsp3) is 0.300. The van der Waals surface area contributed by atoms with Crippen LogP contribution in [0.25, 0.3) is 0 Å². The molecule has 0 radical (unpaired) electrons. The lowest BCUT2D eigenvalue weighted by molar-refractivity contribution is -0.141. The largest absolute Gasteiger partial charge is 0.481 e. The van der Waals surface area contributed by atoms with Crippen molar-refractivity contribution in [3.63, 3.8) is 0 Å². The van der Waals surface area contributed by atoms with Crippen molar-refractivity contribution in [3.8, 4) is 0 Å². The Bertz CT molecular complexity index is 955. The zero-order valence-electron chi connectivity index (χ0n) is 14.9. The Kier molecular flexibility index (Phi) is 5.32. The van der Waals surface area contributed by atoms with Crippen LogP contribution < -0.4 is 0 Å². The van der Waals surface area contributed by atoms with Crippen LogP contribution in [0.4, 0.5) is 0 Å². The molecule has 0 aromatic heterocycles. The third kappa shape index (κ3) is 4.19. The van der Waals surface area contributed by atoms with Gasteiger partial charge in [0, 0.05) is 25.3 Å². The molecule has 2 atom stereocenters. The molecule has 2 unspecified atom stereocenters. The van der Waals surface area contributed by atoms with E-state index in [1.165, 1.54) is 11.0 Å². The number of rotatable bonds is 5. The summed E-state index contributed by atoms with van der Waals surface area (Å²) >= 11 is 0. The molecule has 6 nitrogen and oxygen atoms in total. The fourth-order valence-electron chi connectivity index (χ4n) is 3.58. The molecule has 1 aliphatic rings. The highest BCUT2D eigenvalue weighted by Crippen LogP contribution is 2.33. The zero-order valence-corrected chi connectivity index (χ0v) is 15.7. The van der Waals surface area contributed by atoms with Gasteiger partial charge in [0.05, 0.1) is 17.2 Å². The first-order valence-electron chi connectivity index (χ1n) is 8.61. The van der Waals surface area contributed by atoms with Gasteiger partial charge < -0.3 is 10.0 Å². The number of benzene rings is 2. The summed E-state index contributed by atoms with van der Waals surface area (Å²) in [5.74, 6) is -2.16. The maximum Gasteiger partial charge on any atom is 0.308 e. The molecule has 2 aromatic carbocycles. The van der Waals surface area contributed by atoms with E-state index in [4.69, 9.17) is 0 Å². The van der Waals surface area contributed by atoms with Gasteiger partial charge in [-0.15, -0.1) is 0 Å². The number of hydrogen-bond acceptors (Lipinski definition) is 4. The minimum Gasteiger partial charge on any atom is -0.481 e. The van der Waals surface area contributed by atoms with E-state index in [1.54, 1.807) is 18.2 Å². The van der Waals surface area contributed by atoms with Crippen molar-refractivity contribution >= 4 is 21.7 Å². The second-order valence-corrected chi connectivity index (χ2v) is 8.80. The quantitative estimate of drug-likeness (QED) is 0.847. The number of carbonyl (C=O) groups excluding carboxylic acids is 1.